The molecule has 154 valence electrons. The molecule has 28 heavy (non-hydrogen) atoms. The van der Waals surface area contributed by atoms with Crippen LogP contribution in [0, 0.1) is 12.8 Å². The van der Waals surface area contributed by atoms with Crippen molar-refractivity contribution in [2.24, 2.45) is 5.92 Å². The molecule has 0 unspecified atom stereocenters. The zero-order chi connectivity index (χ0) is 20.1. The summed E-state index contributed by atoms with van der Waals surface area (Å²) in [5, 5.41) is 0. The van der Waals surface area contributed by atoms with Crippen molar-refractivity contribution in [1.29, 1.82) is 0 Å². The van der Waals surface area contributed by atoms with Crippen molar-refractivity contribution in [2.75, 3.05) is 25.4 Å². The molecule has 3 rings (SSSR count). The average Bonchev–Trinajstić information content (AvgIpc) is 3.11. The van der Waals surface area contributed by atoms with E-state index in [1.807, 2.05) is 43.0 Å². The van der Waals surface area contributed by atoms with Crippen LogP contribution in [0.15, 0.2) is 24.3 Å². The number of nitrogens with zero attached hydrogens (tertiary/aromatic N) is 2. The highest BCUT2D eigenvalue weighted by Gasteiger charge is 2.47. The molecule has 0 saturated carbocycles. The zero-order valence-electron chi connectivity index (χ0n) is 17.6. The Kier molecular flexibility index (Phi) is 7.08. The highest BCUT2D eigenvalue weighted by atomic mass is 32.2. The molecule has 1 aromatic carbocycles. The number of unbranched alkanes of at least 4 members (excludes halogenated alkanes) is 1. The van der Waals surface area contributed by atoms with E-state index >= 15 is 0 Å². The molecular weight excluding hydrogens is 368 g/mol. The highest BCUT2D eigenvalue weighted by molar-refractivity contribution is 8.00. The summed E-state index contributed by atoms with van der Waals surface area (Å²) < 4.78 is 0. The van der Waals surface area contributed by atoms with E-state index < -0.39 is 0 Å². The maximum absolute atomic E-state index is 13.3. The van der Waals surface area contributed by atoms with Gasteiger partial charge in [0.05, 0.1) is 4.87 Å². The SMILES string of the molecule is CCCC[C@H](CC)C(=O)N1CCC2(CC1)SCCN2C(=O)c1ccccc1C. The second-order valence-corrected chi connectivity index (χ2v) is 9.60. The van der Waals surface area contributed by atoms with Crippen LogP contribution >= 0.6 is 11.8 Å². The fourth-order valence-corrected chi connectivity index (χ4v) is 6.01. The Morgan fingerprint density at radius 3 is 2.50 bits per heavy atom. The van der Waals surface area contributed by atoms with Gasteiger partial charge in [-0.3, -0.25) is 9.59 Å². The highest BCUT2D eigenvalue weighted by Crippen LogP contribution is 2.45. The molecule has 0 bridgehead atoms. The van der Waals surface area contributed by atoms with Crippen molar-refractivity contribution in [2.45, 2.75) is 64.2 Å². The van der Waals surface area contributed by atoms with Crippen LogP contribution in [-0.2, 0) is 4.79 Å². The van der Waals surface area contributed by atoms with E-state index in [0.717, 1.165) is 75.0 Å². The Hall–Kier alpha value is -1.49. The molecule has 1 aromatic rings. The Morgan fingerprint density at radius 1 is 1.14 bits per heavy atom. The van der Waals surface area contributed by atoms with Gasteiger partial charge in [0, 0.05) is 36.9 Å². The molecule has 4 nitrogen and oxygen atoms in total. The molecule has 0 aliphatic carbocycles. The summed E-state index contributed by atoms with van der Waals surface area (Å²) in [4.78, 5) is 30.2. The molecular formula is C23H34N2O2S. The van der Waals surface area contributed by atoms with Crippen LogP contribution in [0.3, 0.4) is 0 Å². The van der Waals surface area contributed by atoms with Gasteiger partial charge >= 0.3 is 0 Å². The number of amides is 2. The number of piperidine rings is 1. The lowest BCUT2D eigenvalue weighted by Crippen LogP contribution is -2.54. The van der Waals surface area contributed by atoms with Crippen molar-refractivity contribution in [3.63, 3.8) is 0 Å². The van der Waals surface area contributed by atoms with Crippen LogP contribution in [0.25, 0.3) is 0 Å². The fourth-order valence-electron chi connectivity index (χ4n) is 4.56. The van der Waals surface area contributed by atoms with Crippen molar-refractivity contribution >= 4 is 23.6 Å². The summed E-state index contributed by atoms with van der Waals surface area (Å²) in [6.07, 6.45) is 5.94. The van der Waals surface area contributed by atoms with Crippen LogP contribution in [0.2, 0.25) is 0 Å². The topological polar surface area (TPSA) is 40.6 Å². The van der Waals surface area contributed by atoms with Gasteiger partial charge < -0.3 is 9.80 Å². The van der Waals surface area contributed by atoms with E-state index in [2.05, 4.69) is 23.6 Å². The third-order valence-corrected chi connectivity index (χ3v) is 7.96. The van der Waals surface area contributed by atoms with Crippen LogP contribution in [0.4, 0.5) is 0 Å². The molecule has 2 amide bonds. The van der Waals surface area contributed by atoms with Gasteiger partial charge in [-0.2, -0.15) is 0 Å². The summed E-state index contributed by atoms with van der Waals surface area (Å²) in [6, 6.07) is 7.87. The number of aryl methyl sites for hydroxylation is 1. The third-order valence-electron chi connectivity index (χ3n) is 6.40. The molecule has 0 N–H and O–H groups in total. The average molecular weight is 403 g/mol. The molecule has 2 saturated heterocycles. The number of carbonyl (C=O) groups is 2. The molecule has 1 spiro atoms. The molecule has 5 heteroatoms. The van der Waals surface area contributed by atoms with Gasteiger partial charge in [0.15, 0.2) is 0 Å². The van der Waals surface area contributed by atoms with Gasteiger partial charge in [0.1, 0.15) is 0 Å². The molecule has 0 aromatic heterocycles. The first-order chi connectivity index (χ1) is 13.5. The maximum Gasteiger partial charge on any atom is 0.255 e. The fraction of sp³-hybridized carbons (Fsp3) is 0.652. The molecule has 2 aliphatic heterocycles. The Morgan fingerprint density at radius 2 is 1.86 bits per heavy atom. The van der Waals surface area contributed by atoms with Crippen molar-refractivity contribution in [3.8, 4) is 0 Å². The van der Waals surface area contributed by atoms with E-state index in [9.17, 15) is 9.59 Å². The number of rotatable bonds is 6. The van der Waals surface area contributed by atoms with Gasteiger partial charge in [-0.05, 0) is 44.2 Å². The van der Waals surface area contributed by atoms with E-state index in [4.69, 9.17) is 0 Å². The van der Waals surface area contributed by atoms with E-state index in [1.165, 1.54) is 0 Å². The van der Waals surface area contributed by atoms with Crippen LogP contribution in [0.5, 0.6) is 0 Å². The number of hydrogen-bond donors (Lipinski definition) is 0. The van der Waals surface area contributed by atoms with Crippen LogP contribution < -0.4 is 0 Å². The lowest BCUT2D eigenvalue weighted by Gasteiger charge is -2.44. The van der Waals surface area contributed by atoms with Gasteiger partial charge in [-0.1, -0.05) is 44.9 Å². The molecule has 2 fully saturated rings. The molecule has 2 aliphatic rings. The number of likely N-dealkylation sites (tertiary alicyclic amines) is 1. The monoisotopic (exact) mass is 402 g/mol. The first-order valence-electron chi connectivity index (χ1n) is 10.8. The third kappa shape index (κ3) is 4.24. The molecule has 2 heterocycles. The minimum Gasteiger partial charge on any atom is -0.342 e. The minimum atomic E-state index is -0.138. The quantitative estimate of drug-likeness (QED) is 0.691. The van der Waals surface area contributed by atoms with Gasteiger partial charge in [-0.25, -0.2) is 0 Å². The van der Waals surface area contributed by atoms with Gasteiger partial charge in [-0.15, -0.1) is 11.8 Å². The lowest BCUT2D eigenvalue weighted by molar-refractivity contribution is -0.137. The number of carbonyl (C=O) groups excluding carboxylic acids is 2. The number of benzene rings is 1. The summed E-state index contributed by atoms with van der Waals surface area (Å²) in [6.45, 7) is 8.65. The number of thioether (sulfide) groups is 1. The molecule has 0 radical (unpaired) electrons. The first kappa shape index (κ1) is 21.2. The van der Waals surface area contributed by atoms with E-state index in [0.29, 0.717) is 5.91 Å². The Bertz CT molecular complexity index is 698. The normalized spacial score (nSPS) is 19.8. The zero-order valence-corrected chi connectivity index (χ0v) is 18.4. The summed E-state index contributed by atoms with van der Waals surface area (Å²) >= 11 is 1.91. The number of hydrogen-bond acceptors (Lipinski definition) is 3. The summed E-state index contributed by atoms with van der Waals surface area (Å²) in [5.74, 6) is 1.62. The standard InChI is InChI=1S/C23H34N2O2S/c1-4-6-10-19(5-2)21(26)24-14-12-23(13-15-24)25(16-17-28-23)22(27)20-11-8-7-9-18(20)3/h7-9,11,19H,4-6,10,12-17H2,1-3H3/t19-/m0/s1. The van der Waals surface area contributed by atoms with E-state index in [1.54, 1.807) is 0 Å². The van der Waals surface area contributed by atoms with Crippen molar-refractivity contribution < 1.29 is 9.59 Å². The second kappa shape index (κ2) is 9.34. The Labute approximate surface area is 174 Å². The predicted octanol–water partition coefficient (Wildman–Crippen LogP) is 4.72. The molecule has 1 atom stereocenters. The smallest absolute Gasteiger partial charge is 0.255 e. The lowest BCUT2D eigenvalue weighted by atomic mass is 9.95. The van der Waals surface area contributed by atoms with E-state index in [-0.39, 0.29) is 16.7 Å². The van der Waals surface area contributed by atoms with Crippen molar-refractivity contribution in [3.05, 3.63) is 35.4 Å². The first-order valence-corrected chi connectivity index (χ1v) is 11.8. The predicted molar refractivity (Wildman–Crippen MR) is 117 cm³/mol. The van der Waals surface area contributed by atoms with Crippen LogP contribution in [-0.4, -0.2) is 51.9 Å². The summed E-state index contributed by atoms with van der Waals surface area (Å²) in [5.41, 5.74) is 1.85. The minimum absolute atomic E-state index is 0.138. The van der Waals surface area contributed by atoms with Gasteiger partial charge in [0.25, 0.3) is 5.91 Å². The Balaban J connectivity index is 1.67. The largest absolute Gasteiger partial charge is 0.342 e. The summed E-state index contributed by atoms with van der Waals surface area (Å²) in [7, 11) is 0. The maximum atomic E-state index is 13.3. The second-order valence-electron chi connectivity index (χ2n) is 8.14. The van der Waals surface area contributed by atoms with Crippen LogP contribution in [0.1, 0.15) is 68.3 Å². The van der Waals surface area contributed by atoms with Crippen molar-refractivity contribution in [1.82, 2.24) is 9.80 Å². The van der Waals surface area contributed by atoms with Gasteiger partial charge in [0.2, 0.25) is 5.91 Å².